The summed E-state index contributed by atoms with van der Waals surface area (Å²) < 4.78 is 90.7. The van der Waals surface area contributed by atoms with Crippen molar-refractivity contribution in [2.24, 2.45) is 0 Å². The van der Waals surface area contributed by atoms with Gasteiger partial charge in [-0.3, -0.25) is 0 Å². The van der Waals surface area contributed by atoms with E-state index in [1.165, 1.54) is 18.1 Å². The average molecular weight is 814 g/mol. The number of urea groups is 2. The van der Waals surface area contributed by atoms with Crippen molar-refractivity contribution in [3.8, 4) is 0 Å². The fourth-order valence-corrected chi connectivity index (χ4v) is 8.29. The molecular formula is C41H45F6N7O4. The number of rotatable bonds is 10. The van der Waals surface area contributed by atoms with E-state index in [1.54, 1.807) is 17.0 Å². The molecule has 0 aliphatic carbocycles. The van der Waals surface area contributed by atoms with Crippen molar-refractivity contribution in [2.75, 3.05) is 51.7 Å². The standard InChI is InChI=1S/C41H45F6N7O4/c1-58-37(55)28-9-10-35-33(24-28)48-36(54(35)17-6-16-51-14-4-5-15-51)34(23-26-21-29(40(42,43)44)25-30(22-26)41(45,46)47)50-38(56)52-18-12-31(13-19-52)53-20-11-27-7-2-3-8-32(27)49-39(53)57/h2-3,7-10,21-22,24-25,31,34H,4-6,11-20,23H2,1H3,(H,49,57)(H,50,56). The second kappa shape index (κ2) is 16.9. The number of hydrogen-bond donors (Lipinski definition) is 2. The number of hydrogen-bond acceptors (Lipinski definition) is 6. The highest BCUT2D eigenvalue weighted by molar-refractivity contribution is 5.94. The van der Waals surface area contributed by atoms with Crippen LogP contribution >= 0.6 is 0 Å². The number of fused-ring (bicyclic) bond motifs is 2. The van der Waals surface area contributed by atoms with E-state index >= 15 is 0 Å². The summed E-state index contributed by atoms with van der Waals surface area (Å²) in [6.07, 6.45) is -6.23. The van der Waals surface area contributed by atoms with E-state index in [0.29, 0.717) is 61.9 Å². The van der Waals surface area contributed by atoms with Crippen molar-refractivity contribution < 1.29 is 45.5 Å². The molecule has 3 aromatic carbocycles. The highest BCUT2D eigenvalue weighted by Crippen LogP contribution is 2.38. The van der Waals surface area contributed by atoms with Crippen LogP contribution in [0, 0.1) is 0 Å². The number of anilines is 1. The van der Waals surface area contributed by atoms with Crippen LogP contribution in [0.3, 0.4) is 0 Å². The number of likely N-dealkylation sites (tertiary alicyclic amines) is 2. The first-order chi connectivity index (χ1) is 27.7. The van der Waals surface area contributed by atoms with E-state index in [0.717, 1.165) is 43.7 Å². The van der Waals surface area contributed by atoms with Crippen LogP contribution in [0.25, 0.3) is 11.0 Å². The van der Waals surface area contributed by atoms with Crippen LogP contribution in [-0.4, -0.2) is 94.7 Å². The SMILES string of the molecule is COC(=O)c1ccc2c(c1)nc(C(Cc1cc(C(F)(F)F)cc(C(F)(F)F)c1)NC(=O)N1CCC(N3CCc4ccccc4NC3=O)CC1)n2CCCN1CCCC1. The number of benzene rings is 3. The summed E-state index contributed by atoms with van der Waals surface area (Å²) in [5.74, 6) is -0.403. The molecule has 4 amide bonds. The number of nitrogens with zero attached hydrogens (tertiary/aromatic N) is 5. The minimum absolute atomic E-state index is 0.0758. The maximum atomic E-state index is 14.1. The molecule has 0 radical (unpaired) electrons. The Labute approximate surface area is 331 Å². The van der Waals surface area contributed by atoms with Crippen LogP contribution in [0.5, 0.6) is 0 Å². The summed E-state index contributed by atoms with van der Waals surface area (Å²) in [7, 11) is 1.23. The lowest BCUT2D eigenvalue weighted by atomic mass is 9.98. The van der Waals surface area contributed by atoms with Crippen LogP contribution in [0.4, 0.5) is 41.6 Å². The molecule has 2 N–H and O–H groups in total. The maximum Gasteiger partial charge on any atom is 0.416 e. The molecule has 310 valence electrons. The summed E-state index contributed by atoms with van der Waals surface area (Å²) >= 11 is 0. The van der Waals surface area contributed by atoms with Gasteiger partial charge >= 0.3 is 30.4 Å². The number of ether oxygens (including phenoxy) is 1. The van der Waals surface area contributed by atoms with Crippen LogP contribution in [-0.2, 0) is 36.5 Å². The lowest BCUT2D eigenvalue weighted by Crippen LogP contribution is -2.52. The lowest BCUT2D eigenvalue weighted by molar-refractivity contribution is -0.143. The molecule has 1 atom stereocenters. The number of aryl methyl sites for hydroxylation is 1. The fourth-order valence-electron chi connectivity index (χ4n) is 8.29. The number of aromatic nitrogens is 2. The van der Waals surface area contributed by atoms with Crippen LogP contribution in [0.15, 0.2) is 60.7 Å². The van der Waals surface area contributed by atoms with Gasteiger partial charge in [0.15, 0.2) is 0 Å². The first kappa shape index (κ1) is 40.9. The molecule has 11 nitrogen and oxygen atoms in total. The summed E-state index contributed by atoms with van der Waals surface area (Å²) in [4.78, 5) is 50.2. The van der Waals surface area contributed by atoms with E-state index in [-0.39, 0.29) is 48.2 Å². The van der Waals surface area contributed by atoms with Gasteiger partial charge in [-0.05, 0) is 118 Å². The summed E-state index contributed by atoms with van der Waals surface area (Å²) in [5, 5.41) is 5.89. The van der Waals surface area contributed by atoms with E-state index in [1.807, 2.05) is 28.8 Å². The fraction of sp³-hybridized carbons (Fsp3) is 0.463. The molecule has 7 rings (SSSR count). The minimum atomic E-state index is -5.07. The highest BCUT2D eigenvalue weighted by atomic mass is 19.4. The molecule has 0 spiro atoms. The summed E-state index contributed by atoms with van der Waals surface area (Å²) in [6.45, 7) is 3.99. The molecule has 3 aliphatic rings. The minimum Gasteiger partial charge on any atom is -0.465 e. The van der Waals surface area contributed by atoms with Gasteiger partial charge in [0.25, 0.3) is 0 Å². The average Bonchev–Trinajstić information content (AvgIpc) is 3.81. The Hall–Kier alpha value is -5.32. The number of methoxy groups -OCH3 is 1. The molecule has 4 heterocycles. The summed E-state index contributed by atoms with van der Waals surface area (Å²) in [6, 6.07) is 11.6. The lowest BCUT2D eigenvalue weighted by Gasteiger charge is -2.38. The molecule has 0 saturated carbocycles. The molecule has 1 aromatic heterocycles. The Bertz CT molecular complexity index is 2110. The third-order valence-electron chi connectivity index (χ3n) is 11.3. The molecule has 17 heteroatoms. The first-order valence-electron chi connectivity index (χ1n) is 19.5. The van der Waals surface area contributed by atoms with Crippen LogP contribution in [0.1, 0.15) is 76.6 Å². The number of esters is 1. The smallest absolute Gasteiger partial charge is 0.416 e. The van der Waals surface area contributed by atoms with Gasteiger partial charge in [0, 0.05) is 37.9 Å². The molecule has 3 aliphatic heterocycles. The Morgan fingerprint density at radius 3 is 2.26 bits per heavy atom. The quantitative estimate of drug-likeness (QED) is 0.125. The second-order valence-electron chi connectivity index (χ2n) is 15.1. The topological polar surface area (TPSA) is 112 Å². The molecule has 2 fully saturated rings. The highest BCUT2D eigenvalue weighted by Gasteiger charge is 2.38. The normalized spacial score (nSPS) is 17.5. The number of carbonyl (C=O) groups excluding carboxylic acids is 3. The zero-order valence-electron chi connectivity index (χ0n) is 32.0. The van der Waals surface area contributed by atoms with Crippen molar-refractivity contribution in [1.82, 2.24) is 29.6 Å². The monoisotopic (exact) mass is 813 g/mol. The number of carbonyl (C=O) groups is 3. The van der Waals surface area contributed by atoms with Crippen LogP contribution < -0.4 is 10.6 Å². The molecule has 58 heavy (non-hydrogen) atoms. The Balaban J connectivity index is 1.19. The molecule has 2 saturated heterocycles. The van der Waals surface area contributed by atoms with Gasteiger partial charge in [-0.25, -0.2) is 19.4 Å². The third kappa shape index (κ3) is 9.19. The van der Waals surface area contributed by atoms with Gasteiger partial charge < -0.3 is 34.6 Å². The van der Waals surface area contributed by atoms with E-state index in [9.17, 15) is 40.7 Å². The van der Waals surface area contributed by atoms with E-state index in [2.05, 4.69) is 15.5 Å². The molecular weight excluding hydrogens is 768 g/mol. The van der Waals surface area contributed by atoms with Gasteiger partial charge in [-0.15, -0.1) is 0 Å². The largest absolute Gasteiger partial charge is 0.465 e. The third-order valence-corrected chi connectivity index (χ3v) is 11.3. The van der Waals surface area contributed by atoms with Gasteiger partial charge in [-0.2, -0.15) is 26.3 Å². The number of piperidine rings is 1. The first-order valence-corrected chi connectivity index (χ1v) is 19.5. The van der Waals surface area contributed by atoms with E-state index < -0.39 is 47.9 Å². The van der Waals surface area contributed by atoms with Crippen molar-refractivity contribution in [1.29, 1.82) is 0 Å². The zero-order valence-corrected chi connectivity index (χ0v) is 32.0. The van der Waals surface area contributed by atoms with Gasteiger partial charge in [0.05, 0.1) is 40.9 Å². The number of halogens is 6. The van der Waals surface area contributed by atoms with Crippen LogP contribution in [0.2, 0.25) is 0 Å². The number of alkyl halides is 6. The van der Waals surface area contributed by atoms with Crippen molar-refractivity contribution in [3.05, 3.63) is 94.3 Å². The van der Waals surface area contributed by atoms with Gasteiger partial charge in [-0.1, -0.05) is 18.2 Å². The molecule has 0 bridgehead atoms. The predicted molar refractivity (Wildman–Crippen MR) is 203 cm³/mol. The Morgan fingerprint density at radius 1 is 0.897 bits per heavy atom. The number of nitrogens with one attached hydrogen (secondary N) is 2. The Morgan fingerprint density at radius 2 is 1.59 bits per heavy atom. The van der Waals surface area contributed by atoms with Crippen molar-refractivity contribution >= 4 is 34.8 Å². The summed E-state index contributed by atoms with van der Waals surface area (Å²) in [5.41, 5.74) is -0.345. The number of amides is 4. The number of imidazole rings is 1. The predicted octanol–water partition coefficient (Wildman–Crippen LogP) is 7.89. The van der Waals surface area contributed by atoms with Gasteiger partial charge in [0.1, 0.15) is 5.82 Å². The second-order valence-corrected chi connectivity index (χ2v) is 15.1. The Kier molecular flexibility index (Phi) is 11.9. The van der Waals surface area contributed by atoms with Crippen molar-refractivity contribution in [3.63, 3.8) is 0 Å². The number of para-hydroxylation sites is 1. The molecule has 1 unspecified atom stereocenters. The maximum absolute atomic E-state index is 14.1. The molecule has 4 aromatic rings. The van der Waals surface area contributed by atoms with Gasteiger partial charge in [0.2, 0.25) is 0 Å². The zero-order chi connectivity index (χ0) is 41.2. The van der Waals surface area contributed by atoms with E-state index in [4.69, 9.17) is 9.72 Å². The van der Waals surface area contributed by atoms with Crippen molar-refractivity contribution in [2.45, 2.75) is 75.9 Å².